The predicted octanol–water partition coefficient (Wildman–Crippen LogP) is 4.57. The van der Waals surface area contributed by atoms with E-state index in [1.807, 2.05) is 11.5 Å². The molecule has 3 rings (SSSR count). The minimum Gasteiger partial charge on any atom is -0.465 e. The fourth-order valence-electron chi connectivity index (χ4n) is 2.74. The van der Waals surface area contributed by atoms with Gasteiger partial charge in [0.1, 0.15) is 0 Å². The number of esters is 1. The van der Waals surface area contributed by atoms with E-state index in [0.717, 1.165) is 10.2 Å². The lowest BCUT2D eigenvalue weighted by Crippen LogP contribution is -2.20. The minimum atomic E-state index is -0.467. The van der Waals surface area contributed by atoms with Crippen molar-refractivity contribution >= 4 is 56.6 Å². The zero-order valence-corrected chi connectivity index (χ0v) is 18.1. The first-order valence-corrected chi connectivity index (χ1v) is 10.4. The van der Waals surface area contributed by atoms with E-state index in [4.69, 9.17) is 27.9 Å². The maximum atomic E-state index is 12.7. The largest absolute Gasteiger partial charge is 0.465 e. The molecule has 1 heterocycles. The van der Waals surface area contributed by atoms with Crippen LogP contribution in [-0.2, 0) is 16.0 Å². The SMILES string of the molecule is CCOCCn1c(=NC(=O)c2ccc(C(=O)OC)cc2)sc2cc(Cl)cc(Cl)c21. The van der Waals surface area contributed by atoms with Crippen molar-refractivity contribution in [3.05, 3.63) is 62.4 Å². The van der Waals surface area contributed by atoms with Crippen LogP contribution < -0.4 is 4.80 Å². The fourth-order valence-corrected chi connectivity index (χ4v) is 4.58. The lowest BCUT2D eigenvalue weighted by molar-refractivity contribution is 0.0600. The smallest absolute Gasteiger partial charge is 0.337 e. The molecule has 0 fully saturated rings. The van der Waals surface area contributed by atoms with Crippen molar-refractivity contribution in [3.8, 4) is 0 Å². The number of amides is 1. The van der Waals surface area contributed by atoms with Crippen LogP contribution >= 0.6 is 34.5 Å². The Balaban J connectivity index is 2.03. The summed E-state index contributed by atoms with van der Waals surface area (Å²) in [5, 5.41) is 0.994. The molecule has 0 aliphatic heterocycles. The van der Waals surface area contributed by atoms with Crippen molar-refractivity contribution in [2.24, 2.45) is 4.99 Å². The standard InChI is InChI=1S/C20H18Cl2N2O4S/c1-3-28-9-8-24-17-15(22)10-14(21)11-16(17)29-20(24)23-18(25)12-4-6-13(7-5-12)19(26)27-2/h4-7,10-11H,3,8-9H2,1-2H3. The van der Waals surface area contributed by atoms with Gasteiger partial charge < -0.3 is 14.0 Å². The Bertz CT molecular complexity index is 1120. The molecule has 152 valence electrons. The molecule has 6 nitrogen and oxygen atoms in total. The first-order valence-electron chi connectivity index (χ1n) is 8.78. The van der Waals surface area contributed by atoms with Gasteiger partial charge in [-0.25, -0.2) is 4.79 Å². The van der Waals surface area contributed by atoms with Gasteiger partial charge in [0, 0.05) is 23.7 Å². The second kappa shape index (κ2) is 9.54. The molecule has 29 heavy (non-hydrogen) atoms. The summed E-state index contributed by atoms with van der Waals surface area (Å²) in [4.78, 5) is 29.0. The summed E-state index contributed by atoms with van der Waals surface area (Å²) >= 11 is 13.8. The molecular formula is C20H18Cl2N2O4S. The van der Waals surface area contributed by atoms with Crippen LogP contribution in [0.15, 0.2) is 41.4 Å². The van der Waals surface area contributed by atoms with E-state index >= 15 is 0 Å². The molecule has 1 amide bonds. The van der Waals surface area contributed by atoms with Crippen molar-refractivity contribution < 1.29 is 19.1 Å². The highest BCUT2D eigenvalue weighted by molar-refractivity contribution is 7.16. The number of rotatable bonds is 6. The molecule has 0 N–H and O–H groups in total. The van der Waals surface area contributed by atoms with Gasteiger partial charge in [-0.1, -0.05) is 34.5 Å². The predicted molar refractivity (Wildman–Crippen MR) is 114 cm³/mol. The van der Waals surface area contributed by atoms with Crippen LogP contribution in [0.5, 0.6) is 0 Å². The molecule has 0 aliphatic carbocycles. The van der Waals surface area contributed by atoms with Crippen LogP contribution in [0.2, 0.25) is 10.0 Å². The van der Waals surface area contributed by atoms with Gasteiger partial charge >= 0.3 is 5.97 Å². The molecule has 2 aromatic carbocycles. The average molecular weight is 453 g/mol. The highest BCUT2D eigenvalue weighted by Crippen LogP contribution is 2.29. The average Bonchev–Trinajstić information content (AvgIpc) is 3.04. The Morgan fingerprint density at radius 2 is 1.83 bits per heavy atom. The van der Waals surface area contributed by atoms with Gasteiger partial charge in [-0.2, -0.15) is 4.99 Å². The highest BCUT2D eigenvalue weighted by Gasteiger charge is 2.14. The van der Waals surface area contributed by atoms with Crippen molar-refractivity contribution in [1.82, 2.24) is 4.57 Å². The Hall–Kier alpha value is -2.19. The van der Waals surface area contributed by atoms with Crippen molar-refractivity contribution in [2.45, 2.75) is 13.5 Å². The molecule has 0 atom stereocenters. The third-order valence-electron chi connectivity index (χ3n) is 4.11. The number of hydrogen-bond donors (Lipinski definition) is 0. The number of carbonyl (C=O) groups is 2. The number of benzene rings is 2. The van der Waals surface area contributed by atoms with E-state index in [1.54, 1.807) is 24.3 Å². The van der Waals surface area contributed by atoms with E-state index in [9.17, 15) is 9.59 Å². The number of nitrogens with zero attached hydrogens (tertiary/aromatic N) is 2. The van der Waals surface area contributed by atoms with Gasteiger partial charge in [0.2, 0.25) is 0 Å². The molecule has 0 unspecified atom stereocenters. The number of fused-ring (bicyclic) bond motifs is 1. The molecule has 9 heteroatoms. The van der Waals surface area contributed by atoms with Crippen molar-refractivity contribution in [2.75, 3.05) is 20.3 Å². The Morgan fingerprint density at radius 1 is 1.14 bits per heavy atom. The van der Waals surface area contributed by atoms with Gasteiger partial charge in [0.15, 0.2) is 4.80 Å². The fraction of sp³-hybridized carbons (Fsp3) is 0.250. The van der Waals surface area contributed by atoms with Crippen LogP contribution in [0.3, 0.4) is 0 Å². The Labute approximate surface area is 181 Å². The molecule has 0 saturated carbocycles. The number of ether oxygens (including phenoxy) is 2. The zero-order chi connectivity index (χ0) is 21.0. The maximum Gasteiger partial charge on any atom is 0.337 e. The van der Waals surface area contributed by atoms with Gasteiger partial charge in [0.25, 0.3) is 5.91 Å². The van der Waals surface area contributed by atoms with Crippen LogP contribution in [0.25, 0.3) is 10.2 Å². The third kappa shape index (κ3) is 4.87. The first-order chi connectivity index (χ1) is 13.9. The molecule has 0 radical (unpaired) electrons. The summed E-state index contributed by atoms with van der Waals surface area (Å²) in [5.74, 6) is -0.897. The van der Waals surface area contributed by atoms with Crippen molar-refractivity contribution in [1.29, 1.82) is 0 Å². The van der Waals surface area contributed by atoms with E-state index in [-0.39, 0.29) is 0 Å². The van der Waals surface area contributed by atoms with Gasteiger partial charge in [0.05, 0.1) is 34.5 Å². The van der Waals surface area contributed by atoms with Gasteiger partial charge in [-0.05, 0) is 43.3 Å². The van der Waals surface area contributed by atoms with Crippen LogP contribution in [0.4, 0.5) is 0 Å². The summed E-state index contributed by atoms with van der Waals surface area (Å²) in [6, 6.07) is 9.59. The molecule has 0 saturated heterocycles. The number of aromatic nitrogens is 1. The normalized spacial score (nSPS) is 11.8. The zero-order valence-electron chi connectivity index (χ0n) is 15.8. The summed E-state index contributed by atoms with van der Waals surface area (Å²) in [7, 11) is 1.30. The molecule has 3 aromatic rings. The lowest BCUT2D eigenvalue weighted by Gasteiger charge is -2.07. The summed E-state index contributed by atoms with van der Waals surface area (Å²) < 4.78 is 12.8. The number of hydrogen-bond acceptors (Lipinski definition) is 5. The number of carbonyl (C=O) groups excluding carboxylic acids is 2. The maximum absolute atomic E-state index is 12.7. The van der Waals surface area contributed by atoms with Gasteiger partial charge in [-0.15, -0.1) is 0 Å². The molecule has 0 aliphatic rings. The highest BCUT2D eigenvalue weighted by atomic mass is 35.5. The summed E-state index contributed by atoms with van der Waals surface area (Å²) in [5.41, 5.74) is 1.48. The summed E-state index contributed by atoms with van der Waals surface area (Å²) in [6.07, 6.45) is 0. The van der Waals surface area contributed by atoms with Crippen LogP contribution in [0, 0.1) is 0 Å². The Morgan fingerprint density at radius 3 is 2.48 bits per heavy atom. The quantitative estimate of drug-likeness (QED) is 0.405. The monoisotopic (exact) mass is 452 g/mol. The topological polar surface area (TPSA) is 69.9 Å². The van der Waals surface area contributed by atoms with E-state index in [0.29, 0.717) is 45.7 Å². The van der Waals surface area contributed by atoms with Crippen LogP contribution in [-0.4, -0.2) is 36.8 Å². The molecular weight excluding hydrogens is 435 g/mol. The minimum absolute atomic E-state index is 0.357. The van der Waals surface area contributed by atoms with E-state index in [1.165, 1.54) is 30.6 Å². The second-order valence-electron chi connectivity index (χ2n) is 5.95. The molecule has 0 bridgehead atoms. The molecule has 0 spiro atoms. The third-order valence-corrected chi connectivity index (χ3v) is 5.64. The first kappa shape index (κ1) is 21.5. The van der Waals surface area contributed by atoms with Gasteiger partial charge in [-0.3, -0.25) is 4.79 Å². The lowest BCUT2D eigenvalue weighted by atomic mass is 10.1. The molecule has 1 aromatic heterocycles. The number of methoxy groups -OCH3 is 1. The Kier molecular flexibility index (Phi) is 7.08. The number of thiazole rings is 1. The van der Waals surface area contributed by atoms with E-state index < -0.39 is 11.9 Å². The van der Waals surface area contributed by atoms with Crippen LogP contribution in [0.1, 0.15) is 27.6 Å². The second-order valence-corrected chi connectivity index (χ2v) is 7.81. The summed E-state index contributed by atoms with van der Waals surface area (Å²) in [6.45, 7) is 3.44. The number of halogens is 2. The van der Waals surface area contributed by atoms with Crippen molar-refractivity contribution in [3.63, 3.8) is 0 Å². The van der Waals surface area contributed by atoms with E-state index in [2.05, 4.69) is 9.73 Å².